The Morgan fingerprint density at radius 3 is 2.69 bits per heavy atom. The van der Waals surface area contributed by atoms with E-state index in [1.807, 2.05) is 0 Å². The molecule has 42 heavy (non-hydrogen) atoms. The van der Waals surface area contributed by atoms with Gasteiger partial charge in [0.1, 0.15) is 36.6 Å². The Labute approximate surface area is 250 Å². The van der Waals surface area contributed by atoms with Crippen molar-refractivity contribution in [3.8, 4) is 17.2 Å². The van der Waals surface area contributed by atoms with Crippen molar-refractivity contribution in [3.05, 3.63) is 52.0 Å². The molecule has 2 aromatic carbocycles. The summed E-state index contributed by atoms with van der Waals surface area (Å²) in [6, 6.07) is 8.38. The molecular weight excluding hydrogens is 564 g/mol. The number of methoxy groups -OCH3 is 2. The van der Waals surface area contributed by atoms with Crippen LogP contribution in [0.1, 0.15) is 55.5 Å². The minimum Gasteiger partial charge on any atom is -0.508 e. The molecule has 2 amide bonds. The minimum absolute atomic E-state index is 0.0170. The third-order valence-corrected chi connectivity index (χ3v) is 9.21. The summed E-state index contributed by atoms with van der Waals surface area (Å²) < 4.78 is 21.9. The second kappa shape index (κ2) is 12.4. The quantitative estimate of drug-likeness (QED) is 0.469. The Kier molecular flexibility index (Phi) is 8.84. The smallest absolute Gasteiger partial charge is 0.312 e. The van der Waals surface area contributed by atoms with Gasteiger partial charge in [-0.3, -0.25) is 14.4 Å². The Balaban J connectivity index is 1.44. The standard InChI is InChI=1S/C31H37ClN2O8/c1-31(30(38)42-17-19-7-8-20(39-2)16-25(19)40-3)12-5-4-6-22(31)29(37)34-13-11-21-23(32)9-10-24(35)27(21)28(34)33-14-15-41-18-26(33)36/h7-10,16,22,28,35H,4-6,11-15,17-18H2,1-3H3/t22?,28?,31-/m0/s1. The van der Waals surface area contributed by atoms with Gasteiger partial charge in [0.15, 0.2) is 0 Å². The molecule has 5 rings (SSSR count). The summed E-state index contributed by atoms with van der Waals surface area (Å²) in [5, 5.41) is 11.4. The predicted octanol–water partition coefficient (Wildman–Crippen LogP) is 4.24. The number of benzene rings is 2. The highest BCUT2D eigenvalue weighted by Crippen LogP contribution is 2.47. The third-order valence-electron chi connectivity index (χ3n) is 8.86. The molecule has 0 spiro atoms. The molecule has 2 heterocycles. The zero-order valence-corrected chi connectivity index (χ0v) is 24.9. The lowest BCUT2D eigenvalue weighted by Crippen LogP contribution is -2.57. The van der Waals surface area contributed by atoms with Gasteiger partial charge in [0.25, 0.3) is 5.91 Å². The first-order valence-corrected chi connectivity index (χ1v) is 14.6. The van der Waals surface area contributed by atoms with Gasteiger partial charge in [-0.25, -0.2) is 0 Å². The van der Waals surface area contributed by atoms with E-state index in [0.29, 0.717) is 59.1 Å². The maximum Gasteiger partial charge on any atom is 0.312 e. The van der Waals surface area contributed by atoms with Crippen molar-refractivity contribution in [1.29, 1.82) is 0 Å². The van der Waals surface area contributed by atoms with E-state index >= 15 is 0 Å². The highest BCUT2D eigenvalue weighted by Gasteiger charge is 2.51. The number of carbonyl (C=O) groups excluding carboxylic acids is 3. The SMILES string of the molecule is COc1ccc(COC(=O)[C@@]2(C)CCCCC2C(=O)N2CCc3c(Cl)ccc(O)c3C2N2CCOCC2=O)c(OC)c1. The number of nitrogens with zero attached hydrogens (tertiary/aromatic N) is 2. The lowest BCUT2D eigenvalue weighted by molar-refractivity contribution is -0.173. The topological polar surface area (TPSA) is 115 Å². The molecule has 1 saturated carbocycles. The van der Waals surface area contributed by atoms with Gasteiger partial charge in [0.05, 0.1) is 32.2 Å². The number of fused-ring (bicyclic) bond motifs is 1. The number of esters is 1. The summed E-state index contributed by atoms with van der Waals surface area (Å²) in [5.41, 5.74) is 0.763. The fraction of sp³-hybridized carbons (Fsp3) is 0.516. The summed E-state index contributed by atoms with van der Waals surface area (Å²) in [5.74, 6) is -0.530. The van der Waals surface area contributed by atoms with E-state index in [0.717, 1.165) is 12.8 Å². The van der Waals surface area contributed by atoms with Crippen molar-refractivity contribution in [2.24, 2.45) is 11.3 Å². The first-order valence-electron chi connectivity index (χ1n) is 14.3. The molecule has 1 N–H and O–H groups in total. The Morgan fingerprint density at radius 2 is 1.95 bits per heavy atom. The van der Waals surface area contributed by atoms with Gasteiger partial charge in [-0.05, 0) is 56.0 Å². The number of carbonyl (C=O) groups is 3. The number of halogens is 1. The van der Waals surface area contributed by atoms with Gasteiger partial charge in [-0.1, -0.05) is 24.4 Å². The summed E-state index contributed by atoms with van der Waals surface area (Å²) in [7, 11) is 3.10. The Morgan fingerprint density at radius 1 is 1.14 bits per heavy atom. The van der Waals surface area contributed by atoms with E-state index in [2.05, 4.69) is 0 Å². The van der Waals surface area contributed by atoms with Crippen molar-refractivity contribution in [2.75, 3.05) is 40.5 Å². The van der Waals surface area contributed by atoms with Crippen LogP contribution < -0.4 is 9.47 Å². The number of phenols is 1. The molecule has 2 aliphatic heterocycles. The lowest BCUT2D eigenvalue weighted by Gasteiger charge is -2.48. The fourth-order valence-corrected chi connectivity index (χ4v) is 6.73. The monoisotopic (exact) mass is 600 g/mol. The molecular formula is C31H37ClN2O8. The number of hydrogen-bond acceptors (Lipinski definition) is 8. The van der Waals surface area contributed by atoms with Gasteiger partial charge in [-0.2, -0.15) is 0 Å². The van der Waals surface area contributed by atoms with Crippen molar-refractivity contribution in [3.63, 3.8) is 0 Å². The second-order valence-corrected chi connectivity index (χ2v) is 11.6. The van der Waals surface area contributed by atoms with Crippen LogP contribution >= 0.6 is 11.6 Å². The van der Waals surface area contributed by atoms with E-state index in [1.165, 1.54) is 13.2 Å². The zero-order valence-electron chi connectivity index (χ0n) is 24.2. The van der Waals surface area contributed by atoms with Crippen molar-refractivity contribution >= 4 is 29.4 Å². The van der Waals surface area contributed by atoms with E-state index in [4.69, 9.17) is 30.5 Å². The number of morpholine rings is 1. The third kappa shape index (κ3) is 5.49. The van der Waals surface area contributed by atoms with Crippen molar-refractivity contribution in [2.45, 2.75) is 51.8 Å². The number of aromatic hydroxyl groups is 1. The van der Waals surface area contributed by atoms with E-state index in [-0.39, 0.29) is 43.9 Å². The molecule has 2 unspecified atom stereocenters. The second-order valence-electron chi connectivity index (χ2n) is 11.2. The Bertz CT molecular complexity index is 1370. The van der Waals surface area contributed by atoms with Crippen LogP contribution in [0.25, 0.3) is 0 Å². The van der Waals surface area contributed by atoms with Crippen LogP contribution in [0.4, 0.5) is 0 Å². The fourth-order valence-electron chi connectivity index (χ4n) is 6.47. The van der Waals surface area contributed by atoms with E-state index in [9.17, 15) is 19.5 Å². The summed E-state index contributed by atoms with van der Waals surface area (Å²) in [4.78, 5) is 44.5. The molecule has 0 aromatic heterocycles. The van der Waals surface area contributed by atoms with Gasteiger partial charge in [0.2, 0.25) is 5.91 Å². The summed E-state index contributed by atoms with van der Waals surface area (Å²) >= 11 is 6.52. The maximum atomic E-state index is 14.5. The number of hydrogen-bond donors (Lipinski definition) is 1. The van der Waals surface area contributed by atoms with E-state index in [1.54, 1.807) is 48.1 Å². The first-order chi connectivity index (χ1) is 20.2. The number of rotatable bonds is 7. The number of phenolic OH excluding ortho intramolecular Hbond substituents is 1. The molecule has 2 fully saturated rings. The summed E-state index contributed by atoms with van der Waals surface area (Å²) in [6.45, 7) is 2.52. The number of amides is 2. The van der Waals surface area contributed by atoms with Crippen LogP contribution in [0.2, 0.25) is 5.02 Å². The van der Waals surface area contributed by atoms with Gasteiger partial charge in [0, 0.05) is 35.3 Å². The number of ether oxygens (including phenoxy) is 4. The van der Waals surface area contributed by atoms with Crippen LogP contribution in [-0.2, 0) is 36.9 Å². The van der Waals surface area contributed by atoms with Gasteiger partial charge in [-0.15, -0.1) is 0 Å². The lowest BCUT2D eigenvalue weighted by atomic mass is 9.66. The van der Waals surface area contributed by atoms with E-state index < -0.39 is 23.5 Å². The molecule has 1 aliphatic carbocycles. The van der Waals surface area contributed by atoms with Crippen LogP contribution in [0.5, 0.6) is 17.2 Å². The molecule has 3 aliphatic rings. The average Bonchev–Trinajstić information content (AvgIpc) is 3.01. The molecule has 226 valence electrons. The average molecular weight is 601 g/mol. The predicted molar refractivity (Wildman–Crippen MR) is 153 cm³/mol. The van der Waals surface area contributed by atoms with Crippen LogP contribution in [-0.4, -0.2) is 73.2 Å². The normalized spacial score (nSPS) is 24.1. The molecule has 0 bridgehead atoms. The minimum atomic E-state index is -1.08. The van der Waals surface area contributed by atoms with Gasteiger partial charge < -0.3 is 33.9 Å². The molecule has 1 saturated heterocycles. The van der Waals surface area contributed by atoms with Crippen LogP contribution in [0.15, 0.2) is 30.3 Å². The molecule has 10 nitrogen and oxygen atoms in total. The molecule has 3 atom stereocenters. The highest BCUT2D eigenvalue weighted by atomic mass is 35.5. The molecule has 2 aromatic rings. The maximum absolute atomic E-state index is 14.5. The highest BCUT2D eigenvalue weighted by molar-refractivity contribution is 6.31. The van der Waals surface area contributed by atoms with Gasteiger partial charge >= 0.3 is 5.97 Å². The summed E-state index contributed by atoms with van der Waals surface area (Å²) in [6.07, 6.45) is 2.12. The van der Waals surface area contributed by atoms with Crippen LogP contribution in [0, 0.1) is 11.3 Å². The largest absolute Gasteiger partial charge is 0.508 e. The molecule has 0 radical (unpaired) electrons. The first kappa shape index (κ1) is 30.0. The Hall–Kier alpha value is -3.50. The van der Waals surface area contributed by atoms with Crippen molar-refractivity contribution < 1.29 is 38.4 Å². The van der Waals surface area contributed by atoms with Crippen molar-refractivity contribution in [1.82, 2.24) is 9.80 Å². The van der Waals surface area contributed by atoms with Crippen LogP contribution in [0.3, 0.4) is 0 Å². The molecule has 11 heteroatoms. The zero-order chi connectivity index (χ0) is 30.0.